The molecule has 0 radical (unpaired) electrons. The Kier molecular flexibility index (Phi) is 7.70. The van der Waals surface area contributed by atoms with Crippen LogP contribution in [-0.4, -0.2) is 33.7 Å². The van der Waals surface area contributed by atoms with Gasteiger partial charge in [-0.05, 0) is 55.5 Å². The summed E-state index contributed by atoms with van der Waals surface area (Å²) in [5, 5.41) is 10.1. The molecule has 1 aliphatic heterocycles. The third-order valence-electron chi connectivity index (χ3n) is 6.07. The molecule has 2 aromatic carbocycles. The van der Waals surface area contributed by atoms with E-state index in [1.54, 1.807) is 21.3 Å². The fourth-order valence-corrected chi connectivity index (χ4v) is 4.16. The van der Waals surface area contributed by atoms with Crippen molar-refractivity contribution in [3.63, 3.8) is 0 Å². The summed E-state index contributed by atoms with van der Waals surface area (Å²) in [6.07, 6.45) is 3.08. The molecule has 2 N–H and O–H groups in total. The van der Waals surface area contributed by atoms with Crippen LogP contribution in [0.4, 0.5) is 0 Å². The summed E-state index contributed by atoms with van der Waals surface area (Å²) >= 11 is 0. The van der Waals surface area contributed by atoms with Gasteiger partial charge in [-0.15, -0.1) is 0 Å². The van der Waals surface area contributed by atoms with Gasteiger partial charge in [0.2, 0.25) is 12.0 Å². The van der Waals surface area contributed by atoms with Crippen molar-refractivity contribution in [2.45, 2.75) is 56.8 Å². The Hall–Kier alpha value is -3.11. The quantitative estimate of drug-likeness (QED) is 0.547. The first-order valence-electron chi connectivity index (χ1n) is 10.9. The van der Waals surface area contributed by atoms with E-state index in [1.165, 1.54) is 0 Å². The highest BCUT2D eigenvalue weighted by atomic mass is 16.7. The van der Waals surface area contributed by atoms with Crippen molar-refractivity contribution < 1.29 is 23.7 Å². The van der Waals surface area contributed by atoms with Crippen LogP contribution in [0.2, 0.25) is 0 Å². The van der Waals surface area contributed by atoms with Gasteiger partial charge in [0, 0.05) is 12.5 Å². The van der Waals surface area contributed by atoms with E-state index in [4.69, 9.17) is 29.4 Å². The first-order chi connectivity index (χ1) is 15.5. The van der Waals surface area contributed by atoms with Gasteiger partial charge in [-0.2, -0.15) is 5.26 Å². The Bertz CT molecular complexity index is 908. The van der Waals surface area contributed by atoms with Gasteiger partial charge in [-0.25, -0.2) is 0 Å². The summed E-state index contributed by atoms with van der Waals surface area (Å²) in [5.41, 5.74) is 6.54. The van der Waals surface area contributed by atoms with E-state index in [0.717, 1.165) is 29.9 Å². The lowest BCUT2D eigenvalue weighted by Crippen LogP contribution is -2.31. The molecule has 0 bridgehead atoms. The van der Waals surface area contributed by atoms with E-state index >= 15 is 0 Å². The number of hydrogen-bond acceptors (Lipinski definition) is 7. The molecular weight excluding hydrogens is 408 g/mol. The summed E-state index contributed by atoms with van der Waals surface area (Å²) < 4.78 is 28.0. The second-order valence-electron chi connectivity index (χ2n) is 7.96. The second kappa shape index (κ2) is 10.5. The Morgan fingerprint density at radius 2 is 1.66 bits per heavy atom. The van der Waals surface area contributed by atoms with Gasteiger partial charge in [0.1, 0.15) is 0 Å². The lowest BCUT2D eigenvalue weighted by molar-refractivity contribution is 0.0350. The fourth-order valence-electron chi connectivity index (χ4n) is 4.16. The molecule has 0 aromatic heterocycles. The van der Waals surface area contributed by atoms with E-state index < -0.39 is 5.41 Å². The number of methoxy groups -OCH3 is 3. The standard InChI is InChI=1S/C25H32N2O5/c1-5-25(16-26,17-13-21(28-2)24(30-4)22(14-17)29-3)12-8-9-18(27)15-23-31-19-10-6-7-11-20(19)32-23/h6-7,10-11,13-14,18,23H,5,8-9,12,15,27H2,1-4H3. The van der Waals surface area contributed by atoms with Crippen molar-refractivity contribution in [3.8, 4) is 34.8 Å². The first-order valence-corrected chi connectivity index (χ1v) is 10.9. The second-order valence-corrected chi connectivity index (χ2v) is 7.96. The average Bonchev–Trinajstić information content (AvgIpc) is 3.23. The van der Waals surface area contributed by atoms with Crippen LogP contribution in [0.3, 0.4) is 0 Å². The third kappa shape index (κ3) is 4.86. The maximum absolute atomic E-state index is 10.1. The van der Waals surface area contributed by atoms with Gasteiger partial charge in [0.25, 0.3) is 0 Å². The molecule has 1 aliphatic rings. The van der Waals surface area contributed by atoms with E-state index in [2.05, 4.69) is 6.07 Å². The lowest BCUT2D eigenvalue weighted by Gasteiger charge is -2.28. The maximum Gasteiger partial charge on any atom is 0.243 e. The van der Waals surface area contributed by atoms with E-state index in [1.807, 2.05) is 43.3 Å². The zero-order chi connectivity index (χ0) is 23.1. The molecule has 0 aliphatic carbocycles. The highest BCUT2D eigenvalue weighted by Crippen LogP contribution is 2.44. The number of hydrogen-bond donors (Lipinski definition) is 1. The fraction of sp³-hybridized carbons (Fsp3) is 0.480. The minimum atomic E-state index is -0.677. The molecule has 2 aromatic rings. The van der Waals surface area contributed by atoms with Crippen molar-refractivity contribution in [2.24, 2.45) is 5.73 Å². The van der Waals surface area contributed by atoms with E-state index in [-0.39, 0.29) is 12.3 Å². The number of nitrogens with two attached hydrogens (primary N) is 1. The molecule has 2 atom stereocenters. The smallest absolute Gasteiger partial charge is 0.243 e. The summed E-state index contributed by atoms with van der Waals surface area (Å²) in [7, 11) is 4.71. The SMILES string of the molecule is CCC(C#N)(CCCC(N)CC1Oc2ccccc2O1)c1cc(OC)c(OC)c(OC)c1. The van der Waals surface area contributed by atoms with Crippen molar-refractivity contribution in [1.82, 2.24) is 0 Å². The number of nitrogens with zero attached hydrogens (tertiary/aromatic N) is 1. The minimum Gasteiger partial charge on any atom is -0.493 e. The van der Waals surface area contributed by atoms with Crippen LogP contribution in [0, 0.1) is 11.3 Å². The van der Waals surface area contributed by atoms with E-state index in [0.29, 0.717) is 36.5 Å². The molecule has 32 heavy (non-hydrogen) atoms. The van der Waals surface area contributed by atoms with Crippen molar-refractivity contribution in [2.75, 3.05) is 21.3 Å². The Labute approximate surface area is 190 Å². The Morgan fingerprint density at radius 3 is 2.12 bits per heavy atom. The summed E-state index contributed by atoms with van der Waals surface area (Å²) in [4.78, 5) is 0. The predicted molar refractivity (Wildman–Crippen MR) is 122 cm³/mol. The molecule has 0 fully saturated rings. The molecule has 1 heterocycles. The van der Waals surface area contributed by atoms with Gasteiger partial charge in [0.15, 0.2) is 23.0 Å². The normalized spacial score (nSPS) is 15.5. The number of benzene rings is 2. The van der Waals surface area contributed by atoms with Gasteiger partial charge < -0.3 is 29.4 Å². The van der Waals surface area contributed by atoms with Crippen LogP contribution in [-0.2, 0) is 5.41 Å². The zero-order valence-corrected chi connectivity index (χ0v) is 19.2. The molecule has 172 valence electrons. The molecule has 3 rings (SSSR count). The molecular formula is C25H32N2O5. The molecule has 0 amide bonds. The molecule has 7 heteroatoms. The van der Waals surface area contributed by atoms with E-state index in [9.17, 15) is 5.26 Å². The number of fused-ring (bicyclic) bond motifs is 1. The average molecular weight is 441 g/mol. The summed E-state index contributed by atoms with van der Waals surface area (Å²) in [6.45, 7) is 2.02. The third-order valence-corrected chi connectivity index (χ3v) is 6.07. The summed E-state index contributed by atoms with van der Waals surface area (Å²) in [6, 6.07) is 13.8. The van der Waals surface area contributed by atoms with Gasteiger partial charge in [0.05, 0.1) is 32.8 Å². The number of nitriles is 1. The maximum atomic E-state index is 10.1. The zero-order valence-electron chi connectivity index (χ0n) is 19.2. The van der Waals surface area contributed by atoms with Crippen molar-refractivity contribution in [1.29, 1.82) is 5.26 Å². The Morgan fingerprint density at radius 1 is 1.06 bits per heavy atom. The lowest BCUT2D eigenvalue weighted by atomic mass is 9.75. The number of ether oxygens (including phenoxy) is 5. The number of para-hydroxylation sites is 2. The van der Waals surface area contributed by atoms with Crippen LogP contribution in [0.1, 0.15) is 44.6 Å². The largest absolute Gasteiger partial charge is 0.493 e. The van der Waals surface area contributed by atoms with Crippen LogP contribution in [0.25, 0.3) is 0 Å². The molecule has 2 unspecified atom stereocenters. The van der Waals surface area contributed by atoms with Crippen LogP contribution < -0.4 is 29.4 Å². The minimum absolute atomic E-state index is 0.0949. The molecule has 0 spiro atoms. The molecule has 0 saturated heterocycles. The van der Waals surface area contributed by atoms with Gasteiger partial charge >= 0.3 is 0 Å². The molecule has 7 nitrogen and oxygen atoms in total. The predicted octanol–water partition coefficient (Wildman–Crippen LogP) is 4.57. The van der Waals surface area contributed by atoms with Gasteiger partial charge in [-0.3, -0.25) is 0 Å². The monoisotopic (exact) mass is 440 g/mol. The highest BCUT2D eigenvalue weighted by Gasteiger charge is 2.33. The van der Waals surface area contributed by atoms with Crippen LogP contribution in [0.5, 0.6) is 28.7 Å². The van der Waals surface area contributed by atoms with Crippen molar-refractivity contribution >= 4 is 0 Å². The molecule has 0 saturated carbocycles. The summed E-state index contributed by atoms with van der Waals surface area (Å²) in [5.74, 6) is 3.10. The van der Waals surface area contributed by atoms with Crippen LogP contribution >= 0.6 is 0 Å². The van der Waals surface area contributed by atoms with Gasteiger partial charge in [-0.1, -0.05) is 19.1 Å². The van der Waals surface area contributed by atoms with Crippen molar-refractivity contribution in [3.05, 3.63) is 42.0 Å². The first kappa shape index (κ1) is 23.6. The number of rotatable bonds is 11. The Balaban J connectivity index is 1.65. The topological polar surface area (TPSA) is 96.0 Å². The van der Waals surface area contributed by atoms with Crippen LogP contribution in [0.15, 0.2) is 36.4 Å². The highest BCUT2D eigenvalue weighted by molar-refractivity contribution is 5.56.